The fraction of sp³-hybridized carbons (Fsp3) is 0.765. The van der Waals surface area contributed by atoms with Gasteiger partial charge in [0.05, 0.1) is 0 Å². The van der Waals surface area contributed by atoms with Crippen molar-refractivity contribution in [1.29, 1.82) is 0 Å². The van der Waals surface area contributed by atoms with Crippen molar-refractivity contribution in [3.8, 4) is 0 Å². The molecule has 1 atom stereocenters. The van der Waals surface area contributed by atoms with Gasteiger partial charge in [0, 0.05) is 36.8 Å². The molecule has 5 nitrogen and oxygen atoms in total. The van der Waals surface area contributed by atoms with Crippen molar-refractivity contribution in [1.82, 2.24) is 20.8 Å². The second-order valence-electron chi connectivity index (χ2n) is 7.82. The maximum Gasteiger partial charge on any atom is 0.272 e. The molecule has 1 unspecified atom stereocenters. The smallest absolute Gasteiger partial charge is 0.272 e. The van der Waals surface area contributed by atoms with Gasteiger partial charge in [0.1, 0.15) is 0 Å². The largest absolute Gasteiger partial charge is 0.347 e. The molecule has 0 radical (unpaired) electrons. The zero-order valence-electron chi connectivity index (χ0n) is 15.0. The van der Waals surface area contributed by atoms with E-state index in [1.807, 2.05) is 0 Å². The summed E-state index contributed by atoms with van der Waals surface area (Å²) in [5, 5.41) is 13.8. The van der Waals surface area contributed by atoms with Crippen LogP contribution in [0.2, 0.25) is 0 Å². The van der Waals surface area contributed by atoms with Crippen molar-refractivity contribution in [2.45, 2.75) is 66.5 Å². The fourth-order valence-electron chi connectivity index (χ4n) is 2.86. The minimum absolute atomic E-state index is 0. The first-order valence-corrected chi connectivity index (χ1v) is 8.36. The van der Waals surface area contributed by atoms with Gasteiger partial charge in [-0.2, -0.15) is 5.10 Å². The van der Waals surface area contributed by atoms with E-state index in [1.54, 1.807) is 0 Å². The molecule has 23 heavy (non-hydrogen) atoms. The summed E-state index contributed by atoms with van der Waals surface area (Å²) in [7, 11) is 0. The Morgan fingerprint density at radius 1 is 1.30 bits per heavy atom. The van der Waals surface area contributed by atoms with Crippen molar-refractivity contribution < 1.29 is 4.79 Å². The number of aromatic amines is 1. The molecule has 1 aromatic heterocycles. The van der Waals surface area contributed by atoms with E-state index < -0.39 is 0 Å². The van der Waals surface area contributed by atoms with Crippen molar-refractivity contribution in [3.63, 3.8) is 0 Å². The van der Waals surface area contributed by atoms with Crippen LogP contribution in [0.25, 0.3) is 0 Å². The highest BCUT2D eigenvalue weighted by Gasteiger charge is 2.29. The van der Waals surface area contributed by atoms with Gasteiger partial charge in [-0.25, -0.2) is 0 Å². The number of aromatic nitrogens is 2. The van der Waals surface area contributed by atoms with Gasteiger partial charge in [0.2, 0.25) is 0 Å². The molecule has 0 aliphatic carbocycles. The molecule has 132 valence electrons. The van der Waals surface area contributed by atoms with Gasteiger partial charge in [-0.3, -0.25) is 9.89 Å². The van der Waals surface area contributed by atoms with E-state index in [2.05, 4.69) is 55.4 Å². The first-order chi connectivity index (χ1) is 10.3. The number of carbonyl (C=O) groups excluding carboxylic acids is 1. The monoisotopic (exact) mass is 342 g/mol. The van der Waals surface area contributed by atoms with E-state index in [9.17, 15) is 4.79 Å². The lowest BCUT2D eigenvalue weighted by atomic mass is 9.82. The zero-order chi connectivity index (χ0) is 16.3. The SMILES string of the molecule is CC(C)CCC(NC(=O)c1n[nH]c2c1CNCC2)C(C)(C)C.Cl. The van der Waals surface area contributed by atoms with Crippen molar-refractivity contribution in [2.75, 3.05) is 6.54 Å². The van der Waals surface area contributed by atoms with Gasteiger partial charge >= 0.3 is 0 Å². The third-order valence-electron chi connectivity index (χ3n) is 4.40. The second kappa shape index (κ2) is 8.15. The normalized spacial score (nSPS) is 15.7. The number of rotatable bonds is 5. The van der Waals surface area contributed by atoms with Crippen LogP contribution in [0.15, 0.2) is 0 Å². The number of hydrogen-bond acceptors (Lipinski definition) is 3. The van der Waals surface area contributed by atoms with Crippen molar-refractivity contribution in [2.24, 2.45) is 11.3 Å². The number of nitrogens with one attached hydrogen (secondary N) is 3. The average Bonchev–Trinajstić information content (AvgIpc) is 2.85. The second-order valence-corrected chi connectivity index (χ2v) is 7.82. The van der Waals surface area contributed by atoms with Crippen LogP contribution in [0.4, 0.5) is 0 Å². The van der Waals surface area contributed by atoms with E-state index in [1.165, 1.54) is 0 Å². The summed E-state index contributed by atoms with van der Waals surface area (Å²) in [6, 6.07) is 0.159. The van der Waals surface area contributed by atoms with Crippen LogP contribution in [0.5, 0.6) is 0 Å². The van der Waals surface area contributed by atoms with Crippen LogP contribution in [-0.4, -0.2) is 28.7 Å². The van der Waals surface area contributed by atoms with Gasteiger partial charge in [-0.1, -0.05) is 34.6 Å². The third kappa shape index (κ3) is 5.21. The maximum absolute atomic E-state index is 12.7. The molecular weight excluding hydrogens is 312 g/mol. The molecule has 6 heteroatoms. The molecule has 1 aromatic rings. The summed E-state index contributed by atoms with van der Waals surface area (Å²) >= 11 is 0. The Labute approximate surface area is 145 Å². The molecule has 1 amide bonds. The molecule has 1 aliphatic heterocycles. The molecule has 2 heterocycles. The first-order valence-electron chi connectivity index (χ1n) is 8.36. The Bertz CT molecular complexity index is 519. The van der Waals surface area contributed by atoms with Gasteiger partial charge in [-0.15, -0.1) is 12.4 Å². The Morgan fingerprint density at radius 3 is 2.61 bits per heavy atom. The molecule has 0 fully saturated rings. The highest BCUT2D eigenvalue weighted by molar-refractivity contribution is 5.94. The van der Waals surface area contributed by atoms with Gasteiger partial charge in [-0.05, 0) is 24.2 Å². The Morgan fingerprint density at radius 2 is 2.00 bits per heavy atom. The van der Waals surface area contributed by atoms with E-state index in [4.69, 9.17) is 0 Å². The quantitative estimate of drug-likeness (QED) is 0.770. The average molecular weight is 343 g/mol. The van der Waals surface area contributed by atoms with Crippen molar-refractivity contribution in [3.05, 3.63) is 17.0 Å². The number of H-pyrrole nitrogens is 1. The van der Waals surface area contributed by atoms with Crippen LogP contribution < -0.4 is 10.6 Å². The number of nitrogens with zero attached hydrogens (tertiary/aromatic N) is 1. The van der Waals surface area contributed by atoms with Crippen LogP contribution in [0.3, 0.4) is 0 Å². The molecule has 2 rings (SSSR count). The minimum atomic E-state index is -0.0510. The van der Waals surface area contributed by atoms with Crippen LogP contribution >= 0.6 is 12.4 Å². The third-order valence-corrected chi connectivity index (χ3v) is 4.40. The van der Waals surface area contributed by atoms with Crippen LogP contribution in [0, 0.1) is 11.3 Å². The van der Waals surface area contributed by atoms with Gasteiger partial charge in [0.25, 0.3) is 5.91 Å². The predicted molar refractivity (Wildman–Crippen MR) is 96.0 cm³/mol. The van der Waals surface area contributed by atoms with E-state index in [-0.39, 0.29) is 29.8 Å². The molecule has 0 saturated heterocycles. The molecule has 0 bridgehead atoms. The van der Waals surface area contributed by atoms with E-state index >= 15 is 0 Å². The molecule has 3 N–H and O–H groups in total. The molecule has 1 aliphatic rings. The highest BCUT2D eigenvalue weighted by atomic mass is 35.5. The lowest BCUT2D eigenvalue weighted by Crippen LogP contribution is -2.44. The first kappa shape index (κ1) is 20.0. The Hall–Kier alpha value is -1.07. The van der Waals surface area contributed by atoms with Gasteiger partial charge in [0.15, 0.2) is 5.69 Å². The number of fused-ring (bicyclic) bond motifs is 1. The standard InChI is InChI=1S/C17H30N4O.ClH/c1-11(2)6-7-14(17(3,4)5)19-16(22)15-12-10-18-9-8-13(12)20-21-15;/h11,14,18H,6-10H2,1-5H3,(H,19,22)(H,20,21);1H. The molecule has 0 saturated carbocycles. The molecular formula is C17H31ClN4O. The summed E-state index contributed by atoms with van der Waals surface area (Å²) in [6.07, 6.45) is 3.02. The number of hydrogen-bond donors (Lipinski definition) is 3. The van der Waals surface area contributed by atoms with E-state index in [0.717, 1.165) is 43.6 Å². The number of carbonyl (C=O) groups is 1. The molecule has 0 spiro atoms. The summed E-state index contributed by atoms with van der Waals surface area (Å²) in [6.45, 7) is 12.6. The van der Waals surface area contributed by atoms with E-state index in [0.29, 0.717) is 11.6 Å². The highest BCUT2D eigenvalue weighted by Crippen LogP contribution is 2.25. The Kier molecular flexibility index (Phi) is 7.08. The van der Waals surface area contributed by atoms with Crippen molar-refractivity contribution >= 4 is 18.3 Å². The number of amides is 1. The predicted octanol–water partition coefficient (Wildman–Crippen LogP) is 3.06. The van der Waals surface area contributed by atoms with Crippen LogP contribution in [0.1, 0.15) is 69.2 Å². The maximum atomic E-state index is 12.7. The summed E-state index contributed by atoms with van der Waals surface area (Å²) in [5.41, 5.74) is 2.72. The minimum Gasteiger partial charge on any atom is -0.347 e. The van der Waals surface area contributed by atoms with Crippen LogP contribution in [-0.2, 0) is 13.0 Å². The summed E-state index contributed by atoms with van der Waals surface area (Å²) in [5.74, 6) is 0.592. The summed E-state index contributed by atoms with van der Waals surface area (Å²) < 4.78 is 0. The summed E-state index contributed by atoms with van der Waals surface area (Å²) in [4.78, 5) is 12.7. The fourth-order valence-corrected chi connectivity index (χ4v) is 2.86. The zero-order valence-corrected chi connectivity index (χ0v) is 15.8. The Balaban J connectivity index is 0.00000264. The lowest BCUT2D eigenvalue weighted by Gasteiger charge is -2.32. The number of halogens is 1. The molecule has 0 aromatic carbocycles. The van der Waals surface area contributed by atoms with Gasteiger partial charge < -0.3 is 10.6 Å². The lowest BCUT2D eigenvalue weighted by molar-refractivity contribution is 0.0888. The topological polar surface area (TPSA) is 69.8 Å².